The summed E-state index contributed by atoms with van der Waals surface area (Å²) < 4.78 is 0. The predicted molar refractivity (Wildman–Crippen MR) is 76.9 cm³/mol. The minimum absolute atomic E-state index is 0.216. The molecule has 0 saturated heterocycles. The second kappa shape index (κ2) is 6.23. The summed E-state index contributed by atoms with van der Waals surface area (Å²) in [6.45, 7) is 0. The van der Waals surface area contributed by atoms with E-state index in [0.29, 0.717) is 11.4 Å². The Morgan fingerprint density at radius 3 is 2.50 bits per heavy atom. The Labute approximate surface area is 122 Å². The molecule has 3 nitrogen and oxygen atoms in total. The molecule has 4 heteroatoms. The third-order valence-corrected chi connectivity index (χ3v) is 3.28. The molecule has 2 aromatic rings. The average Bonchev–Trinajstić information content (AvgIpc) is 2.45. The quantitative estimate of drug-likeness (QED) is 0.927. The van der Waals surface area contributed by atoms with E-state index in [0.717, 1.165) is 11.1 Å². The van der Waals surface area contributed by atoms with Crippen LogP contribution in [0.3, 0.4) is 0 Å². The lowest BCUT2D eigenvalue weighted by atomic mass is 9.92. The maximum absolute atomic E-state index is 10.8. The Balaban J connectivity index is 2.20. The fourth-order valence-electron chi connectivity index (χ4n) is 2.00. The van der Waals surface area contributed by atoms with Gasteiger partial charge in [0.15, 0.2) is 0 Å². The van der Waals surface area contributed by atoms with Crippen molar-refractivity contribution in [3.8, 4) is 6.07 Å². The number of hydrogen-bond acceptors (Lipinski definition) is 2. The van der Waals surface area contributed by atoms with Crippen molar-refractivity contribution in [1.29, 1.82) is 5.26 Å². The third kappa shape index (κ3) is 3.37. The van der Waals surface area contributed by atoms with Crippen molar-refractivity contribution in [3.05, 3.63) is 70.2 Å². The molecule has 0 spiro atoms. The molecule has 1 unspecified atom stereocenters. The number of halogens is 1. The molecule has 0 aromatic heterocycles. The normalized spacial score (nSPS) is 11.6. The molecule has 2 aromatic carbocycles. The lowest BCUT2D eigenvalue weighted by Gasteiger charge is -2.10. The summed E-state index contributed by atoms with van der Waals surface area (Å²) in [4.78, 5) is 10.8. The van der Waals surface area contributed by atoms with Crippen molar-refractivity contribution in [2.45, 2.75) is 12.3 Å². The molecule has 0 heterocycles. The van der Waals surface area contributed by atoms with Gasteiger partial charge in [-0.25, -0.2) is 4.79 Å². The van der Waals surface area contributed by atoms with E-state index in [-0.39, 0.29) is 11.5 Å². The first-order valence-electron chi connectivity index (χ1n) is 6.07. The third-order valence-electron chi connectivity index (χ3n) is 3.04. The number of nitrogens with zero attached hydrogens (tertiary/aromatic N) is 1. The van der Waals surface area contributed by atoms with Crippen LogP contribution in [-0.4, -0.2) is 11.1 Å². The van der Waals surface area contributed by atoms with Crippen LogP contribution in [0.15, 0.2) is 48.5 Å². The highest BCUT2D eigenvalue weighted by Gasteiger charge is 2.12. The predicted octanol–water partition coefficient (Wildman–Crippen LogP) is 3.89. The fraction of sp³-hybridized carbons (Fsp3) is 0.125. The van der Waals surface area contributed by atoms with E-state index in [1.807, 2.05) is 18.2 Å². The van der Waals surface area contributed by atoms with E-state index in [4.69, 9.17) is 16.7 Å². The van der Waals surface area contributed by atoms with Gasteiger partial charge < -0.3 is 5.11 Å². The molecular weight excluding hydrogens is 274 g/mol. The minimum atomic E-state index is -0.972. The number of benzene rings is 2. The van der Waals surface area contributed by atoms with Gasteiger partial charge in [0.25, 0.3) is 0 Å². The van der Waals surface area contributed by atoms with Crippen LogP contribution in [0.25, 0.3) is 0 Å². The average molecular weight is 286 g/mol. The van der Waals surface area contributed by atoms with Gasteiger partial charge in [-0.05, 0) is 41.8 Å². The first kappa shape index (κ1) is 14.1. The molecule has 0 radical (unpaired) electrons. The number of nitriles is 1. The van der Waals surface area contributed by atoms with Gasteiger partial charge in [-0.1, -0.05) is 35.9 Å². The lowest BCUT2D eigenvalue weighted by Crippen LogP contribution is -2.02. The first-order valence-corrected chi connectivity index (χ1v) is 6.45. The lowest BCUT2D eigenvalue weighted by molar-refractivity contribution is 0.0697. The van der Waals surface area contributed by atoms with Crippen LogP contribution in [0.1, 0.15) is 27.4 Å². The van der Waals surface area contributed by atoms with E-state index in [9.17, 15) is 10.1 Å². The number of carboxylic acid groups (broad SMARTS) is 1. The van der Waals surface area contributed by atoms with E-state index in [1.165, 1.54) is 12.1 Å². The highest BCUT2D eigenvalue weighted by Crippen LogP contribution is 2.22. The summed E-state index contributed by atoms with van der Waals surface area (Å²) in [6.07, 6.45) is 0.545. The van der Waals surface area contributed by atoms with Gasteiger partial charge >= 0.3 is 5.97 Å². The summed E-state index contributed by atoms with van der Waals surface area (Å²) in [6, 6.07) is 16.0. The standard InChI is InChI=1S/C16H12ClNO2/c17-15-3-1-2-11(9-15)8-14(10-18)12-4-6-13(7-5-12)16(19)20/h1-7,9,14H,8H2,(H,19,20). The number of carboxylic acids is 1. The van der Waals surface area contributed by atoms with Crippen molar-refractivity contribution < 1.29 is 9.90 Å². The topological polar surface area (TPSA) is 61.1 Å². The molecule has 0 aliphatic carbocycles. The summed E-state index contributed by atoms with van der Waals surface area (Å²) in [5.41, 5.74) is 2.00. The monoisotopic (exact) mass is 285 g/mol. The Hall–Kier alpha value is -2.31. The molecule has 0 saturated carbocycles. The molecule has 1 atom stereocenters. The van der Waals surface area contributed by atoms with Crippen LogP contribution < -0.4 is 0 Å². The van der Waals surface area contributed by atoms with E-state index in [2.05, 4.69) is 6.07 Å². The number of rotatable bonds is 4. The van der Waals surface area contributed by atoms with Gasteiger partial charge in [0.2, 0.25) is 0 Å². The minimum Gasteiger partial charge on any atom is -0.478 e. The Bertz CT molecular complexity index is 659. The molecule has 100 valence electrons. The van der Waals surface area contributed by atoms with Crippen molar-refractivity contribution >= 4 is 17.6 Å². The summed E-state index contributed by atoms with van der Waals surface area (Å²) in [7, 11) is 0. The van der Waals surface area contributed by atoms with Crippen LogP contribution in [0, 0.1) is 11.3 Å². The van der Waals surface area contributed by atoms with E-state index in [1.54, 1.807) is 18.2 Å². The molecule has 0 bridgehead atoms. The molecule has 2 rings (SSSR count). The molecule has 0 amide bonds. The fourth-order valence-corrected chi connectivity index (χ4v) is 2.21. The zero-order valence-electron chi connectivity index (χ0n) is 10.6. The van der Waals surface area contributed by atoms with Gasteiger partial charge in [0, 0.05) is 5.02 Å². The molecule has 0 aliphatic rings. The van der Waals surface area contributed by atoms with Crippen molar-refractivity contribution in [2.75, 3.05) is 0 Å². The van der Waals surface area contributed by atoms with Gasteiger partial charge in [0.05, 0.1) is 17.6 Å². The molecule has 1 N–H and O–H groups in total. The van der Waals surface area contributed by atoms with Gasteiger partial charge in [-0.2, -0.15) is 5.26 Å². The van der Waals surface area contributed by atoms with E-state index >= 15 is 0 Å². The summed E-state index contributed by atoms with van der Waals surface area (Å²) >= 11 is 5.92. The maximum atomic E-state index is 10.8. The SMILES string of the molecule is N#CC(Cc1cccc(Cl)c1)c1ccc(C(=O)O)cc1. The van der Waals surface area contributed by atoms with Crippen LogP contribution >= 0.6 is 11.6 Å². The second-order valence-corrected chi connectivity index (χ2v) is 4.88. The molecular formula is C16H12ClNO2. The Kier molecular flexibility index (Phi) is 4.39. The number of carbonyl (C=O) groups is 1. The number of hydrogen-bond donors (Lipinski definition) is 1. The zero-order chi connectivity index (χ0) is 14.5. The van der Waals surface area contributed by atoms with Gasteiger partial charge in [-0.15, -0.1) is 0 Å². The molecule has 20 heavy (non-hydrogen) atoms. The van der Waals surface area contributed by atoms with Crippen LogP contribution in [0.4, 0.5) is 0 Å². The van der Waals surface area contributed by atoms with E-state index < -0.39 is 5.97 Å². The first-order chi connectivity index (χ1) is 9.60. The van der Waals surface area contributed by atoms with Gasteiger partial charge in [-0.3, -0.25) is 0 Å². The van der Waals surface area contributed by atoms with Crippen molar-refractivity contribution in [1.82, 2.24) is 0 Å². The van der Waals surface area contributed by atoms with Crippen LogP contribution in [0.2, 0.25) is 5.02 Å². The van der Waals surface area contributed by atoms with Crippen molar-refractivity contribution in [2.24, 2.45) is 0 Å². The highest BCUT2D eigenvalue weighted by atomic mass is 35.5. The van der Waals surface area contributed by atoms with Crippen LogP contribution in [0.5, 0.6) is 0 Å². The summed E-state index contributed by atoms with van der Waals surface area (Å²) in [5.74, 6) is -1.30. The van der Waals surface area contributed by atoms with Crippen molar-refractivity contribution in [3.63, 3.8) is 0 Å². The Morgan fingerprint density at radius 1 is 1.25 bits per heavy atom. The Morgan fingerprint density at radius 2 is 1.95 bits per heavy atom. The second-order valence-electron chi connectivity index (χ2n) is 4.44. The molecule has 0 fully saturated rings. The van der Waals surface area contributed by atoms with Crippen LogP contribution in [-0.2, 0) is 6.42 Å². The highest BCUT2D eigenvalue weighted by molar-refractivity contribution is 6.30. The zero-order valence-corrected chi connectivity index (χ0v) is 11.3. The maximum Gasteiger partial charge on any atom is 0.335 e. The smallest absolute Gasteiger partial charge is 0.335 e. The molecule has 0 aliphatic heterocycles. The summed E-state index contributed by atoms with van der Waals surface area (Å²) in [5, 5.41) is 18.8. The number of aromatic carboxylic acids is 1. The largest absolute Gasteiger partial charge is 0.478 e. The van der Waals surface area contributed by atoms with Gasteiger partial charge in [0.1, 0.15) is 0 Å².